The number of aliphatic hydroxyl groups excluding tert-OH is 3. The molecule has 0 bridgehead atoms. The van der Waals surface area contributed by atoms with Gasteiger partial charge in [0.15, 0.2) is 0 Å². The van der Waals surface area contributed by atoms with Crippen LogP contribution in [0.4, 0.5) is 0 Å². The first-order chi connectivity index (χ1) is 30.4. The van der Waals surface area contributed by atoms with Gasteiger partial charge >= 0.3 is 5.97 Å². The number of aliphatic hydroxyl groups is 3. The average Bonchev–Trinajstić information content (AvgIpc) is 4.15. The third-order valence-corrected chi connectivity index (χ3v) is 10.5. The largest absolute Gasteiger partial charge is 0.396 e. The van der Waals surface area contributed by atoms with Crippen LogP contribution in [0.5, 0.6) is 0 Å². The number of hydrogen-bond acceptors (Lipinski definition) is 15. The summed E-state index contributed by atoms with van der Waals surface area (Å²) in [5.41, 5.74) is -0.659. The first-order valence-corrected chi connectivity index (χ1v) is 22.7. The number of benzene rings is 1. The van der Waals surface area contributed by atoms with Crippen LogP contribution in [0.2, 0.25) is 5.02 Å². The Morgan fingerprint density at radius 2 is 1.00 bits per heavy atom. The van der Waals surface area contributed by atoms with Crippen molar-refractivity contribution in [3.63, 3.8) is 0 Å². The number of hydrogen-bond donors (Lipinski definition) is 4. The minimum Gasteiger partial charge on any atom is -0.396 e. The molecule has 1 aromatic carbocycles. The van der Waals surface area contributed by atoms with Crippen LogP contribution >= 0.6 is 27.5 Å². The highest BCUT2D eigenvalue weighted by atomic mass is 79.9. The predicted octanol–water partition coefficient (Wildman–Crippen LogP) is 6.52. The molecule has 17 heteroatoms. The van der Waals surface area contributed by atoms with Gasteiger partial charge in [0.25, 0.3) is 0 Å². The van der Waals surface area contributed by atoms with E-state index in [9.17, 15) is 4.79 Å². The molecule has 0 aliphatic carbocycles. The second-order valence-electron chi connectivity index (χ2n) is 15.2. The summed E-state index contributed by atoms with van der Waals surface area (Å²) in [5.74, 6) is -0.813. The van der Waals surface area contributed by atoms with Gasteiger partial charge in [-0.25, -0.2) is 4.79 Å². The van der Waals surface area contributed by atoms with Crippen molar-refractivity contribution in [2.24, 2.45) is 16.2 Å². The van der Waals surface area contributed by atoms with Crippen LogP contribution < -0.4 is 0 Å². The van der Waals surface area contributed by atoms with Crippen molar-refractivity contribution < 1.29 is 72.9 Å². The molecule has 15 nitrogen and oxygen atoms in total. The van der Waals surface area contributed by atoms with E-state index in [1.165, 1.54) is 12.1 Å². The summed E-state index contributed by atoms with van der Waals surface area (Å²) in [5, 5.41) is 35.3. The number of alkyl halides is 1. The van der Waals surface area contributed by atoms with Gasteiger partial charge < -0.3 is 58.0 Å². The Kier molecular flexibility index (Phi) is 36.8. The zero-order valence-electron chi connectivity index (χ0n) is 37.8. The lowest BCUT2D eigenvalue weighted by molar-refractivity contribution is -0.182. The van der Waals surface area contributed by atoms with Crippen LogP contribution in [0.25, 0.3) is 0 Å². The fourth-order valence-corrected chi connectivity index (χ4v) is 5.00. The standard InChI is InChI=1S/C15H26O6.C15H26O3.C7H5ClO3.C6H14O3.C3H5Br/c1-2-15(9-16-3-12-6-19-12,10-17-4-13-7-20-13)11-18-5-14-8-21-14;1-5-9-16-12-15(8-4,13-17-10-6-2)14-18-11-7-3;8-6-3-1-2-5(4-6)7(9)11-10;1-2-6(3-7,4-8)5-9;1-2-3-4/h12-14H,2-11H2,1H3;5-7H,1-3,8-14H2,4H3;1-4,10H;7-9H,2-5H2,1H3;2H,1,3H2. The van der Waals surface area contributed by atoms with Gasteiger partial charge in [0.2, 0.25) is 0 Å². The van der Waals surface area contributed by atoms with Gasteiger partial charge in [-0.3, -0.25) is 4.89 Å². The summed E-state index contributed by atoms with van der Waals surface area (Å²) in [6.45, 7) is 29.8. The Balaban J connectivity index is 0.000000828. The first-order valence-electron chi connectivity index (χ1n) is 21.2. The Hall–Kier alpha value is -2.10. The molecule has 4 N–H and O–H groups in total. The maximum atomic E-state index is 10.6. The molecule has 63 heavy (non-hydrogen) atoms. The first kappa shape index (κ1) is 60.9. The smallest absolute Gasteiger partial charge is 0.372 e. The number of carbonyl (C=O) groups excluding carboxylic acids is 1. The number of halogens is 2. The van der Waals surface area contributed by atoms with Gasteiger partial charge in [-0.05, 0) is 37.5 Å². The number of allylic oxidation sites excluding steroid dienone is 1. The Morgan fingerprint density at radius 1 is 0.667 bits per heavy atom. The second-order valence-corrected chi connectivity index (χ2v) is 16.3. The van der Waals surface area contributed by atoms with Crippen LogP contribution in [0.3, 0.4) is 0 Å². The summed E-state index contributed by atoms with van der Waals surface area (Å²) >= 11 is 8.69. The van der Waals surface area contributed by atoms with Gasteiger partial charge in [0.05, 0.1) is 124 Å². The lowest BCUT2D eigenvalue weighted by Crippen LogP contribution is -2.38. The predicted molar refractivity (Wildman–Crippen MR) is 248 cm³/mol. The minimum atomic E-state index is -0.813. The van der Waals surface area contributed by atoms with E-state index in [-0.39, 0.29) is 36.2 Å². The molecule has 3 unspecified atom stereocenters. The maximum Gasteiger partial charge on any atom is 0.372 e. The molecular weight excluding hydrogens is 908 g/mol. The molecule has 0 aromatic heterocycles. The van der Waals surface area contributed by atoms with E-state index in [1.807, 2.05) is 6.92 Å². The van der Waals surface area contributed by atoms with Gasteiger partial charge in [-0.15, -0.1) is 26.3 Å². The Bertz CT molecular complexity index is 1220. The second kappa shape index (κ2) is 38.1. The van der Waals surface area contributed by atoms with Crippen LogP contribution in [0.15, 0.2) is 74.9 Å². The molecule has 3 atom stereocenters. The van der Waals surface area contributed by atoms with Gasteiger partial charge in [-0.2, -0.15) is 5.26 Å². The summed E-state index contributed by atoms with van der Waals surface area (Å²) < 4.78 is 49.7. The SMILES string of the molecule is C=CCBr.C=CCOCC(CC)(COCC=C)COCC=C.CCC(CO)(CO)CO.CCC(COCC1CO1)(COCC1CO1)COCC1CO1.O=C(OO)c1cccc(Cl)c1. The molecule has 4 rings (SSSR count). The Labute approximate surface area is 389 Å². The highest BCUT2D eigenvalue weighted by Crippen LogP contribution is 2.27. The molecule has 0 spiro atoms. The summed E-state index contributed by atoms with van der Waals surface area (Å²) in [7, 11) is 0. The average molecular weight is 984 g/mol. The summed E-state index contributed by atoms with van der Waals surface area (Å²) in [4.78, 5) is 14.1. The number of epoxide rings is 3. The third-order valence-electron chi connectivity index (χ3n) is 9.78. The highest BCUT2D eigenvalue weighted by Gasteiger charge is 2.34. The van der Waals surface area contributed by atoms with E-state index in [0.717, 1.165) is 38.0 Å². The zero-order valence-corrected chi connectivity index (χ0v) is 40.1. The number of rotatable bonds is 32. The number of ether oxygens (including phenoxy) is 9. The lowest BCUT2D eigenvalue weighted by Gasteiger charge is -2.32. The van der Waals surface area contributed by atoms with Gasteiger partial charge in [0.1, 0.15) is 18.3 Å². The summed E-state index contributed by atoms with van der Waals surface area (Å²) in [6.07, 6.45) is 10.4. The van der Waals surface area contributed by atoms with E-state index < -0.39 is 11.4 Å². The van der Waals surface area contributed by atoms with E-state index in [4.69, 9.17) is 74.8 Å². The normalized spacial score (nSPS) is 17.8. The molecule has 0 radical (unpaired) electrons. The van der Waals surface area contributed by atoms with Crippen molar-refractivity contribution in [2.75, 3.05) is 124 Å². The van der Waals surface area contributed by atoms with E-state index >= 15 is 0 Å². The monoisotopic (exact) mass is 982 g/mol. The van der Waals surface area contributed by atoms with Gasteiger partial charge in [-0.1, -0.05) is 78.7 Å². The summed E-state index contributed by atoms with van der Waals surface area (Å²) in [6, 6.07) is 6.11. The number of carbonyl (C=O) groups is 1. The van der Waals surface area contributed by atoms with E-state index in [1.54, 1.807) is 36.4 Å². The van der Waals surface area contributed by atoms with Crippen molar-refractivity contribution in [2.45, 2.75) is 58.3 Å². The lowest BCUT2D eigenvalue weighted by atomic mass is 9.88. The molecular formula is C46H76BrClO15. The van der Waals surface area contributed by atoms with Crippen molar-refractivity contribution in [1.29, 1.82) is 0 Å². The van der Waals surface area contributed by atoms with Crippen LogP contribution in [0, 0.1) is 16.2 Å². The Morgan fingerprint density at radius 3 is 1.22 bits per heavy atom. The van der Waals surface area contributed by atoms with Crippen molar-refractivity contribution in [1.82, 2.24) is 0 Å². The van der Waals surface area contributed by atoms with E-state index in [0.29, 0.717) is 109 Å². The molecule has 0 amide bonds. The molecule has 3 heterocycles. The molecule has 3 fully saturated rings. The molecule has 3 saturated heterocycles. The van der Waals surface area contributed by atoms with Crippen molar-refractivity contribution in [3.05, 3.63) is 85.5 Å². The van der Waals surface area contributed by atoms with Gasteiger partial charge in [0, 0.05) is 26.6 Å². The molecule has 3 aliphatic rings. The minimum absolute atomic E-state index is 0.0985. The van der Waals surface area contributed by atoms with Crippen LogP contribution in [-0.2, 0) is 47.5 Å². The van der Waals surface area contributed by atoms with Crippen molar-refractivity contribution >= 4 is 33.5 Å². The quantitative estimate of drug-likeness (QED) is 0.0152. The third kappa shape index (κ3) is 30.7. The molecule has 0 saturated carbocycles. The fraction of sp³-hybridized carbons (Fsp3) is 0.674. The molecule has 364 valence electrons. The van der Waals surface area contributed by atoms with E-state index in [2.05, 4.69) is 61.0 Å². The highest BCUT2D eigenvalue weighted by molar-refractivity contribution is 9.09. The van der Waals surface area contributed by atoms with Crippen LogP contribution in [0.1, 0.15) is 50.4 Å². The van der Waals surface area contributed by atoms with Crippen LogP contribution in [-0.4, -0.2) is 169 Å². The fourth-order valence-electron chi connectivity index (χ4n) is 4.81. The van der Waals surface area contributed by atoms with Crippen molar-refractivity contribution in [3.8, 4) is 0 Å². The maximum absolute atomic E-state index is 10.6. The zero-order chi connectivity index (χ0) is 47.2. The topological polar surface area (TPSA) is 200 Å². The molecule has 1 aromatic rings. The molecule has 3 aliphatic heterocycles.